The van der Waals surface area contributed by atoms with Crippen LogP contribution in [-0.4, -0.2) is 45.4 Å². The number of aromatic hydroxyl groups is 3. The van der Waals surface area contributed by atoms with E-state index in [0.717, 1.165) is 0 Å². The van der Waals surface area contributed by atoms with Crippen LogP contribution in [0.3, 0.4) is 0 Å². The van der Waals surface area contributed by atoms with E-state index in [0.29, 0.717) is 11.1 Å². The maximum atomic E-state index is 12.7. The summed E-state index contributed by atoms with van der Waals surface area (Å²) in [5.74, 6) is -1.50. The monoisotopic (exact) mass is 428 g/mol. The molecule has 0 spiro atoms. The fraction of sp³-hybridized carbons (Fsp3) is 0.304. The van der Waals surface area contributed by atoms with Gasteiger partial charge in [-0.3, -0.25) is 9.59 Å². The second-order valence-corrected chi connectivity index (χ2v) is 7.38. The highest BCUT2D eigenvalue weighted by Gasteiger charge is 2.33. The Morgan fingerprint density at radius 1 is 1.23 bits per heavy atom. The number of benzene rings is 2. The molecule has 2 aromatic rings. The molecule has 2 atom stereocenters. The third kappa shape index (κ3) is 4.80. The van der Waals surface area contributed by atoms with Crippen molar-refractivity contribution in [2.24, 2.45) is 0 Å². The van der Waals surface area contributed by atoms with Crippen molar-refractivity contribution < 1.29 is 39.5 Å². The number of aliphatic hydroxyl groups excluding tert-OH is 1. The number of hydrogen-bond donors (Lipinski definition) is 4. The van der Waals surface area contributed by atoms with Crippen LogP contribution in [0.25, 0.3) is 0 Å². The Hall–Kier alpha value is -3.52. The molecule has 0 amide bonds. The molecule has 8 heteroatoms. The Morgan fingerprint density at radius 3 is 2.55 bits per heavy atom. The van der Waals surface area contributed by atoms with Crippen LogP contribution in [0.2, 0.25) is 0 Å². The Labute approximate surface area is 179 Å². The number of Topliss-reactive ketones (excluding diaryl/α,β-unsaturated/α-hetero) is 1. The predicted octanol–water partition coefficient (Wildman–Crippen LogP) is 2.92. The van der Waals surface area contributed by atoms with Gasteiger partial charge >= 0.3 is 5.97 Å². The Balaban J connectivity index is 1.81. The van der Waals surface area contributed by atoms with Crippen LogP contribution in [0.4, 0.5) is 0 Å². The number of phenols is 3. The first-order valence-corrected chi connectivity index (χ1v) is 9.70. The van der Waals surface area contributed by atoms with Gasteiger partial charge < -0.3 is 29.9 Å². The van der Waals surface area contributed by atoms with E-state index in [1.807, 2.05) is 0 Å². The lowest BCUT2D eigenvalue weighted by atomic mass is 9.91. The summed E-state index contributed by atoms with van der Waals surface area (Å²) in [4.78, 5) is 24.0. The summed E-state index contributed by atoms with van der Waals surface area (Å²) in [5.41, 5.74) is 0.926. The number of rotatable bonds is 7. The van der Waals surface area contributed by atoms with Crippen molar-refractivity contribution in [3.8, 4) is 23.0 Å². The number of carbonyl (C=O) groups is 2. The number of phenolic OH excluding ortho intramolecular Hbond substituents is 3. The molecule has 0 fully saturated rings. The van der Waals surface area contributed by atoms with Crippen molar-refractivity contribution in [1.82, 2.24) is 0 Å². The van der Waals surface area contributed by atoms with Gasteiger partial charge in [0.05, 0.1) is 19.6 Å². The fourth-order valence-electron chi connectivity index (χ4n) is 3.45. The molecule has 0 bridgehead atoms. The van der Waals surface area contributed by atoms with E-state index in [1.54, 1.807) is 12.1 Å². The van der Waals surface area contributed by atoms with E-state index in [2.05, 4.69) is 11.3 Å². The summed E-state index contributed by atoms with van der Waals surface area (Å²) in [7, 11) is 1.26. The molecule has 0 aromatic heterocycles. The topological polar surface area (TPSA) is 134 Å². The number of fused-ring (bicyclic) bond motifs is 1. The van der Waals surface area contributed by atoms with E-state index in [1.165, 1.54) is 25.3 Å². The zero-order valence-electron chi connectivity index (χ0n) is 17.0. The highest BCUT2D eigenvalue weighted by molar-refractivity contribution is 6.03. The van der Waals surface area contributed by atoms with Crippen molar-refractivity contribution in [3.05, 3.63) is 59.2 Å². The molecule has 3 rings (SSSR count). The summed E-state index contributed by atoms with van der Waals surface area (Å²) in [5, 5.41) is 40.9. The van der Waals surface area contributed by atoms with Crippen LogP contribution in [0.15, 0.2) is 42.5 Å². The van der Waals surface area contributed by atoms with Gasteiger partial charge in [-0.15, -0.1) is 0 Å². The van der Waals surface area contributed by atoms with Crippen LogP contribution < -0.4 is 4.74 Å². The molecule has 0 aliphatic carbocycles. The molecule has 1 heterocycles. The van der Waals surface area contributed by atoms with Gasteiger partial charge in [-0.25, -0.2) is 0 Å². The van der Waals surface area contributed by atoms with E-state index in [4.69, 9.17) is 4.74 Å². The number of methoxy groups -OCH3 is 1. The number of carbonyl (C=O) groups excluding carboxylic acids is 2. The largest absolute Gasteiger partial charge is 0.508 e. The molecule has 8 nitrogen and oxygen atoms in total. The second-order valence-electron chi connectivity index (χ2n) is 7.38. The maximum absolute atomic E-state index is 12.7. The Kier molecular flexibility index (Phi) is 6.50. The molecular weight excluding hydrogens is 404 g/mol. The van der Waals surface area contributed by atoms with Crippen molar-refractivity contribution in [3.63, 3.8) is 0 Å². The number of aliphatic hydroxyl groups is 1. The predicted molar refractivity (Wildman–Crippen MR) is 110 cm³/mol. The zero-order chi connectivity index (χ0) is 22.7. The minimum atomic E-state index is -1.15. The average Bonchev–Trinajstić information content (AvgIpc) is 2.74. The van der Waals surface area contributed by atoms with E-state index in [-0.39, 0.29) is 59.8 Å². The van der Waals surface area contributed by atoms with E-state index in [9.17, 15) is 30.0 Å². The lowest BCUT2D eigenvalue weighted by Gasteiger charge is -2.27. The second kappa shape index (κ2) is 9.09. The molecule has 4 N–H and O–H groups in total. The number of hydrogen-bond acceptors (Lipinski definition) is 8. The van der Waals surface area contributed by atoms with Gasteiger partial charge in [0.25, 0.3) is 0 Å². The molecule has 164 valence electrons. The van der Waals surface area contributed by atoms with Gasteiger partial charge in [-0.2, -0.15) is 0 Å². The van der Waals surface area contributed by atoms with Crippen molar-refractivity contribution in [2.45, 2.75) is 37.9 Å². The van der Waals surface area contributed by atoms with Crippen molar-refractivity contribution >= 4 is 11.8 Å². The lowest BCUT2D eigenvalue weighted by molar-refractivity contribution is -0.140. The highest BCUT2D eigenvalue weighted by Crippen LogP contribution is 2.45. The molecule has 0 unspecified atom stereocenters. The van der Waals surface area contributed by atoms with Gasteiger partial charge in [0, 0.05) is 24.5 Å². The minimum absolute atomic E-state index is 0.00879. The van der Waals surface area contributed by atoms with E-state index >= 15 is 0 Å². The number of esters is 1. The molecule has 2 aromatic carbocycles. The zero-order valence-corrected chi connectivity index (χ0v) is 17.0. The summed E-state index contributed by atoms with van der Waals surface area (Å²) in [6.45, 7) is 3.74. The van der Waals surface area contributed by atoms with Gasteiger partial charge in [-0.05, 0) is 29.7 Å². The average molecular weight is 428 g/mol. The third-order valence-corrected chi connectivity index (χ3v) is 5.28. The lowest BCUT2D eigenvalue weighted by Crippen LogP contribution is -2.21. The van der Waals surface area contributed by atoms with Crippen molar-refractivity contribution in [2.75, 3.05) is 7.11 Å². The maximum Gasteiger partial charge on any atom is 0.305 e. The van der Waals surface area contributed by atoms with Crippen LogP contribution in [0.1, 0.15) is 46.9 Å². The molecule has 0 saturated carbocycles. The summed E-state index contributed by atoms with van der Waals surface area (Å²) in [6, 6.07) is 7.44. The molecule has 1 aliphatic heterocycles. The number of ketones is 1. The Bertz CT molecular complexity index is 1010. The molecule has 1 aliphatic rings. The number of ether oxygens (including phenoxy) is 2. The first kappa shape index (κ1) is 22.2. The summed E-state index contributed by atoms with van der Waals surface area (Å²) >= 11 is 0. The first-order valence-electron chi connectivity index (χ1n) is 9.70. The van der Waals surface area contributed by atoms with Crippen LogP contribution >= 0.6 is 0 Å². The fourth-order valence-corrected chi connectivity index (χ4v) is 3.45. The summed E-state index contributed by atoms with van der Waals surface area (Å²) < 4.78 is 10.4. The normalized spacial score (nSPS) is 16.2. The van der Waals surface area contributed by atoms with E-state index < -0.39 is 23.9 Å². The molecule has 0 radical (unpaired) electrons. The third-order valence-electron chi connectivity index (χ3n) is 5.28. The summed E-state index contributed by atoms with van der Waals surface area (Å²) in [6.07, 6.45) is -1.79. The van der Waals surface area contributed by atoms with Crippen LogP contribution in [0.5, 0.6) is 23.0 Å². The van der Waals surface area contributed by atoms with Crippen LogP contribution in [0, 0.1) is 0 Å². The van der Waals surface area contributed by atoms with Crippen molar-refractivity contribution in [1.29, 1.82) is 0 Å². The SMILES string of the molecule is C=C(CCC(=O)OC)[C@H](O)Cc1c(O)cc2c(c1O)C(=O)C[C@@H](c1ccc(O)cc1)O2. The molecule has 0 saturated heterocycles. The van der Waals surface area contributed by atoms with Gasteiger partial charge in [0.2, 0.25) is 0 Å². The molecule has 31 heavy (non-hydrogen) atoms. The minimum Gasteiger partial charge on any atom is -0.508 e. The van der Waals surface area contributed by atoms with Gasteiger partial charge in [0.15, 0.2) is 5.78 Å². The smallest absolute Gasteiger partial charge is 0.305 e. The highest BCUT2D eigenvalue weighted by atomic mass is 16.5. The Morgan fingerprint density at radius 2 is 1.90 bits per heavy atom. The van der Waals surface area contributed by atoms with Gasteiger partial charge in [-0.1, -0.05) is 18.7 Å². The van der Waals surface area contributed by atoms with Crippen LogP contribution in [-0.2, 0) is 16.0 Å². The first-order chi connectivity index (χ1) is 14.7. The van der Waals surface area contributed by atoms with Gasteiger partial charge in [0.1, 0.15) is 34.7 Å². The quantitative estimate of drug-likeness (QED) is 0.391. The molecular formula is C23H24O8. The standard InChI is InChI=1S/C23H24O8/c1-12(3-8-21(28)30-2)16(25)9-15-17(26)10-20-22(23(15)29)18(27)11-19(31-20)13-4-6-14(24)7-5-13/h4-7,10,16,19,24-26,29H,1,3,8-9,11H2,2H3/t16-,19+/m1/s1.